The molecule has 1 aliphatic rings. The number of H-pyrrole nitrogens is 1. The molecule has 1 saturated heterocycles. The number of amides is 3. The molecule has 136 valence electrons. The van der Waals surface area contributed by atoms with Gasteiger partial charge in [0, 0.05) is 5.69 Å². The summed E-state index contributed by atoms with van der Waals surface area (Å²) in [7, 11) is 0. The third-order valence-electron chi connectivity index (χ3n) is 4.55. The number of urea groups is 1. The lowest BCUT2D eigenvalue weighted by atomic mass is 9.99. The summed E-state index contributed by atoms with van der Waals surface area (Å²) in [5, 5.41) is 2.60. The van der Waals surface area contributed by atoms with Gasteiger partial charge < -0.3 is 15.0 Å². The molecule has 0 spiro atoms. The van der Waals surface area contributed by atoms with Gasteiger partial charge in [-0.3, -0.25) is 14.5 Å². The second kappa shape index (κ2) is 6.70. The third kappa shape index (κ3) is 3.16. The first kappa shape index (κ1) is 18.7. The number of ketones is 1. The summed E-state index contributed by atoms with van der Waals surface area (Å²) >= 11 is 0. The van der Waals surface area contributed by atoms with E-state index in [1.165, 1.54) is 0 Å². The molecule has 1 atom stereocenters. The number of aromatic amines is 1. The van der Waals surface area contributed by atoms with Crippen LogP contribution in [0.1, 0.15) is 59.3 Å². The first-order chi connectivity index (χ1) is 11.7. The SMILES string of the molecule is CCOC(=O)c1c(C)[nH]c(C(=O)CN2C(=O)N[C@](C)(CC)C2=O)c1C. The number of ether oxygens (including phenoxy) is 1. The standard InChI is InChI=1S/C17H23N3O5/c1-6-17(5)15(23)20(16(24)19-17)8-11(21)13-9(3)12(10(4)18-13)14(22)25-7-2/h18H,6-8H2,1-5H3,(H,19,24)/t17-/m1/s1. The minimum absolute atomic E-state index is 0.200. The number of aromatic nitrogens is 1. The zero-order valence-corrected chi connectivity index (χ0v) is 15.1. The predicted octanol–water partition coefficient (Wildman–Crippen LogP) is 1.71. The molecular weight excluding hydrogens is 326 g/mol. The van der Waals surface area contributed by atoms with Crippen LogP contribution in [0.5, 0.6) is 0 Å². The van der Waals surface area contributed by atoms with Crippen LogP contribution in [0.15, 0.2) is 0 Å². The number of imide groups is 1. The highest BCUT2D eigenvalue weighted by Crippen LogP contribution is 2.23. The van der Waals surface area contributed by atoms with Crippen molar-refractivity contribution in [3.8, 4) is 0 Å². The summed E-state index contributed by atoms with van der Waals surface area (Å²) in [5.74, 6) is -1.39. The second-order valence-electron chi connectivity index (χ2n) is 6.28. The van der Waals surface area contributed by atoms with Crippen LogP contribution in [0, 0.1) is 13.8 Å². The maximum atomic E-state index is 12.6. The Morgan fingerprint density at radius 2 is 1.84 bits per heavy atom. The Morgan fingerprint density at radius 1 is 1.20 bits per heavy atom. The Labute approximate surface area is 145 Å². The lowest BCUT2D eigenvalue weighted by molar-refractivity contribution is -0.130. The molecule has 1 aliphatic heterocycles. The van der Waals surface area contributed by atoms with Crippen LogP contribution in [0.3, 0.4) is 0 Å². The van der Waals surface area contributed by atoms with Gasteiger partial charge in [0.2, 0.25) is 0 Å². The fraction of sp³-hybridized carbons (Fsp3) is 0.529. The van der Waals surface area contributed by atoms with Crippen LogP contribution in [0.4, 0.5) is 4.79 Å². The molecule has 0 saturated carbocycles. The average Bonchev–Trinajstić information content (AvgIpc) is 2.96. The van der Waals surface area contributed by atoms with Gasteiger partial charge in [0.15, 0.2) is 5.78 Å². The molecule has 0 aromatic carbocycles. The van der Waals surface area contributed by atoms with Crippen molar-refractivity contribution in [3.05, 3.63) is 22.5 Å². The highest BCUT2D eigenvalue weighted by atomic mass is 16.5. The third-order valence-corrected chi connectivity index (χ3v) is 4.55. The van der Waals surface area contributed by atoms with E-state index >= 15 is 0 Å². The number of carbonyl (C=O) groups is 4. The van der Waals surface area contributed by atoms with Gasteiger partial charge in [-0.15, -0.1) is 0 Å². The number of rotatable bonds is 6. The van der Waals surface area contributed by atoms with E-state index in [-0.39, 0.29) is 18.8 Å². The maximum absolute atomic E-state index is 12.6. The van der Waals surface area contributed by atoms with Crippen molar-refractivity contribution in [1.29, 1.82) is 0 Å². The van der Waals surface area contributed by atoms with Crippen LogP contribution in [-0.4, -0.2) is 52.3 Å². The Bertz CT molecular complexity index is 752. The van der Waals surface area contributed by atoms with Crippen LogP contribution >= 0.6 is 0 Å². The van der Waals surface area contributed by atoms with Crippen LogP contribution in [0.2, 0.25) is 0 Å². The molecule has 8 heteroatoms. The van der Waals surface area contributed by atoms with Crippen molar-refractivity contribution in [2.75, 3.05) is 13.2 Å². The van der Waals surface area contributed by atoms with Gasteiger partial charge in [-0.1, -0.05) is 6.92 Å². The number of hydrogen-bond acceptors (Lipinski definition) is 5. The van der Waals surface area contributed by atoms with Crippen LogP contribution < -0.4 is 5.32 Å². The molecule has 1 fully saturated rings. The van der Waals surface area contributed by atoms with Crippen molar-refractivity contribution < 1.29 is 23.9 Å². The fourth-order valence-corrected chi connectivity index (χ4v) is 2.89. The summed E-state index contributed by atoms with van der Waals surface area (Å²) in [6.45, 7) is 8.24. The van der Waals surface area contributed by atoms with Gasteiger partial charge in [0.25, 0.3) is 5.91 Å². The molecule has 0 aliphatic carbocycles. The van der Waals surface area contributed by atoms with E-state index in [2.05, 4.69) is 10.3 Å². The number of nitrogens with one attached hydrogen (secondary N) is 2. The minimum atomic E-state index is -0.992. The molecule has 2 heterocycles. The molecule has 3 amide bonds. The average molecular weight is 349 g/mol. The largest absolute Gasteiger partial charge is 0.462 e. The lowest BCUT2D eigenvalue weighted by Gasteiger charge is -2.18. The van der Waals surface area contributed by atoms with Gasteiger partial charge in [0.1, 0.15) is 5.54 Å². The lowest BCUT2D eigenvalue weighted by Crippen LogP contribution is -2.43. The highest BCUT2D eigenvalue weighted by molar-refractivity contribution is 6.11. The normalized spacial score (nSPS) is 20.0. The Balaban J connectivity index is 2.25. The first-order valence-corrected chi connectivity index (χ1v) is 8.19. The highest BCUT2D eigenvalue weighted by Gasteiger charge is 2.47. The Morgan fingerprint density at radius 3 is 2.36 bits per heavy atom. The van der Waals surface area contributed by atoms with E-state index < -0.39 is 29.2 Å². The zero-order chi connectivity index (χ0) is 18.9. The molecule has 0 bridgehead atoms. The van der Waals surface area contributed by atoms with E-state index in [4.69, 9.17) is 4.74 Å². The number of Topliss-reactive ketones (excluding diaryl/α,β-unsaturated/α-hetero) is 1. The van der Waals surface area contributed by atoms with Gasteiger partial charge in [-0.2, -0.15) is 0 Å². The smallest absolute Gasteiger partial charge is 0.340 e. The van der Waals surface area contributed by atoms with Gasteiger partial charge in [0.05, 0.1) is 24.4 Å². The van der Waals surface area contributed by atoms with E-state index in [0.29, 0.717) is 23.2 Å². The molecule has 0 radical (unpaired) electrons. The number of hydrogen-bond donors (Lipinski definition) is 2. The second-order valence-corrected chi connectivity index (χ2v) is 6.28. The summed E-state index contributed by atoms with van der Waals surface area (Å²) in [4.78, 5) is 52.8. The molecule has 0 unspecified atom stereocenters. The zero-order valence-electron chi connectivity index (χ0n) is 15.1. The number of carbonyl (C=O) groups excluding carboxylic acids is 4. The topological polar surface area (TPSA) is 109 Å². The van der Waals surface area contributed by atoms with E-state index in [9.17, 15) is 19.2 Å². The van der Waals surface area contributed by atoms with Crippen molar-refractivity contribution in [3.63, 3.8) is 0 Å². The van der Waals surface area contributed by atoms with Crippen molar-refractivity contribution in [2.45, 2.75) is 46.6 Å². The number of esters is 1. The number of nitrogens with zero attached hydrogens (tertiary/aromatic N) is 1. The fourth-order valence-electron chi connectivity index (χ4n) is 2.89. The van der Waals surface area contributed by atoms with Crippen molar-refractivity contribution in [1.82, 2.24) is 15.2 Å². The Kier molecular flexibility index (Phi) is 5.01. The quantitative estimate of drug-likeness (QED) is 0.462. The maximum Gasteiger partial charge on any atom is 0.340 e. The summed E-state index contributed by atoms with van der Waals surface area (Å²) in [6, 6.07) is -0.589. The molecule has 2 rings (SSSR count). The van der Waals surface area contributed by atoms with E-state index in [1.807, 2.05) is 0 Å². The van der Waals surface area contributed by atoms with Gasteiger partial charge >= 0.3 is 12.0 Å². The van der Waals surface area contributed by atoms with E-state index in [1.54, 1.807) is 34.6 Å². The minimum Gasteiger partial charge on any atom is -0.462 e. The van der Waals surface area contributed by atoms with E-state index in [0.717, 1.165) is 4.90 Å². The summed E-state index contributed by atoms with van der Waals surface area (Å²) < 4.78 is 4.99. The molecule has 1 aromatic heterocycles. The van der Waals surface area contributed by atoms with Crippen LogP contribution in [0.25, 0.3) is 0 Å². The molecular formula is C17H23N3O5. The summed E-state index contributed by atoms with van der Waals surface area (Å²) in [6.07, 6.45) is 0.426. The summed E-state index contributed by atoms with van der Waals surface area (Å²) in [5.41, 5.74) is 0.474. The van der Waals surface area contributed by atoms with Crippen molar-refractivity contribution >= 4 is 23.7 Å². The van der Waals surface area contributed by atoms with Gasteiger partial charge in [-0.05, 0) is 39.7 Å². The Hall–Kier alpha value is -2.64. The predicted molar refractivity (Wildman–Crippen MR) is 89.5 cm³/mol. The van der Waals surface area contributed by atoms with Gasteiger partial charge in [-0.25, -0.2) is 9.59 Å². The molecule has 8 nitrogen and oxygen atoms in total. The van der Waals surface area contributed by atoms with Crippen LogP contribution in [-0.2, 0) is 9.53 Å². The van der Waals surface area contributed by atoms with Crippen molar-refractivity contribution in [2.24, 2.45) is 0 Å². The first-order valence-electron chi connectivity index (χ1n) is 8.19. The molecule has 1 aromatic rings. The number of aryl methyl sites for hydroxylation is 1. The molecule has 2 N–H and O–H groups in total. The molecule has 25 heavy (non-hydrogen) atoms. The monoisotopic (exact) mass is 349 g/mol.